The van der Waals surface area contributed by atoms with E-state index in [4.69, 9.17) is 11.6 Å². The molecule has 7 heteroatoms. The van der Waals surface area contributed by atoms with Gasteiger partial charge in [-0.1, -0.05) is 35.4 Å². The van der Waals surface area contributed by atoms with Gasteiger partial charge in [-0.15, -0.1) is 11.3 Å². The monoisotopic (exact) mass is 452 g/mol. The van der Waals surface area contributed by atoms with Crippen LogP contribution in [0.25, 0.3) is 15.9 Å². The minimum Gasteiger partial charge on any atom is -0.292 e. The molecule has 4 aromatic rings. The standard InChI is InChI=1S/C24H21ClN2O3S/c1-13-8-14(2)21(15(3)9-13)20(28)12-26-23-19(10-16(4)31-23)22(29)27(24(26)30)18-7-5-6-17(25)11-18/h5-11H,12H2,1-4H3. The van der Waals surface area contributed by atoms with E-state index in [1.165, 1.54) is 15.9 Å². The molecule has 0 saturated heterocycles. The zero-order valence-electron chi connectivity index (χ0n) is 17.7. The molecule has 0 aliphatic heterocycles. The average molecular weight is 453 g/mol. The molecule has 0 bridgehead atoms. The van der Waals surface area contributed by atoms with Crippen LogP contribution in [0.3, 0.4) is 0 Å². The van der Waals surface area contributed by atoms with Crippen molar-refractivity contribution in [3.05, 3.63) is 95.5 Å². The Morgan fingerprint density at radius 1 is 1.00 bits per heavy atom. The summed E-state index contributed by atoms with van der Waals surface area (Å²) in [6.45, 7) is 7.50. The summed E-state index contributed by atoms with van der Waals surface area (Å²) in [5.74, 6) is -0.166. The van der Waals surface area contributed by atoms with Crippen molar-refractivity contribution in [2.45, 2.75) is 34.2 Å². The Balaban J connectivity index is 1.95. The number of carbonyl (C=O) groups is 1. The smallest absolute Gasteiger partial charge is 0.292 e. The van der Waals surface area contributed by atoms with Crippen LogP contribution in [0.5, 0.6) is 0 Å². The lowest BCUT2D eigenvalue weighted by atomic mass is 9.96. The fourth-order valence-corrected chi connectivity index (χ4v) is 5.27. The quantitative estimate of drug-likeness (QED) is 0.410. The van der Waals surface area contributed by atoms with Gasteiger partial charge in [-0.25, -0.2) is 9.36 Å². The number of halogens is 1. The second kappa shape index (κ2) is 7.94. The summed E-state index contributed by atoms with van der Waals surface area (Å²) in [6, 6.07) is 12.2. The van der Waals surface area contributed by atoms with Crippen molar-refractivity contribution >= 4 is 38.9 Å². The lowest BCUT2D eigenvalue weighted by molar-refractivity contribution is 0.0970. The molecule has 0 spiro atoms. The number of ketones is 1. The van der Waals surface area contributed by atoms with Crippen molar-refractivity contribution in [1.82, 2.24) is 9.13 Å². The molecule has 0 aliphatic rings. The maximum atomic E-state index is 13.5. The molecular formula is C24H21ClN2O3S. The SMILES string of the molecule is Cc1cc(C)c(C(=O)Cn2c(=O)n(-c3cccc(Cl)c3)c(=O)c3cc(C)sc32)c(C)c1. The van der Waals surface area contributed by atoms with Crippen LogP contribution >= 0.6 is 22.9 Å². The average Bonchev–Trinajstić information content (AvgIpc) is 3.06. The molecule has 0 atom stereocenters. The van der Waals surface area contributed by atoms with Crippen LogP contribution in [0.2, 0.25) is 5.02 Å². The Kier molecular flexibility index (Phi) is 5.45. The van der Waals surface area contributed by atoms with Crippen molar-refractivity contribution in [1.29, 1.82) is 0 Å². The maximum absolute atomic E-state index is 13.5. The Bertz CT molecular complexity index is 1450. The Labute approximate surface area is 188 Å². The number of fused-ring (bicyclic) bond motifs is 1. The van der Waals surface area contributed by atoms with Crippen LogP contribution in [0, 0.1) is 27.7 Å². The molecule has 5 nitrogen and oxygen atoms in total. The van der Waals surface area contributed by atoms with E-state index in [1.54, 1.807) is 30.3 Å². The van der Waals surface area contributed by atoms with Crippen molar-refractivity contribution in [2.24, 2.45) is 0 Å². The Morgan fingerprint density at radius 2 is 1.68 bits per heavy atom. The number of rotatable bonds is 4. The molecule has 0 N–H and O–H groups in total. The molecule has 0 fully saturated rings. The van der Waals surface area contributed by atoms with E-state index in [-0.39, 0.29) is 12.3 Å². The molecule has 0 radical (unpaired) electrons. The van der Waals surface area contributed by atoms with Gasteiger partial charge >= 0.3 is 5.69 Å². The lowest BCUT2D eigenvalue weighted by Crippen LogP contribution is -2.39. The van der Waals surface area contributed by atoms with Crippen molar-refractivity contribution < 1.29 is 4.79 Å². The number of nitrogens with zero attached hydrogens (tertiary/aromatic N) is 2. The number of carbonyl (C=O) groups excluding carboxylic acids is 1. The number of hydrogen-bond acceptors (Lipinski definition) is 4. The molecule has 31 heavy (non-hydrogen) atoms. The van der Waals surface area contributed by atoms with Crippen molar-refractivity contribution in [2.75, 3.05) is 0 Å². The zero-order chi connectivity index (χ0) is 22.4. The summed E-state index contributed by atoms with van der Waals surface area (Å²) in [6.07, 6.45) is 0. The van der Waals surface area contributed by atoms with Gasteiger partial charge in [0.2, 0.25) is 0 Å². The predicted molar refractivity (Wildman–Crippen MR) is 126 cm³/mol. The molecule has 158 valence electrons. The summed E-state index contributed by atoms with van der Waals surface area (Å²) in [5.41, 5.74) is 2.83. The predicted octanol–water partition coefficient (Wildman–Crippen LogP) is 4.98. The molecule has 0 aliphatic carbocycles. The van der Waals surface area contributed by atoms with Gasteiger partial charge in [0.25, 0.3) is 5.56 Å². The maximum Gasteiger partial charge on any atom is 0.337 e. The second-order valence-electron chi connectivity index (χ2n) is 7.76. The molecule has 2 aromatic heterocycles. The van der Waals surface area contributed by atoms with Crippen LogP contribution in [-0.2, 0) is 6.54 Å². The van der Waals surface area contributed by atoms with Gasteiger partial charge in [0.05, 0.1) is 17.6 Å². The van der Waals surface area contributed by atoms with Crippen LogP contribution < -0.4 is 11.2 Å². The van der Waals surface area contributed by atoms with Gasteiger partial charge in [-0.2, -0.15) is 0 Å². The van der Waals surface area contributed by atoms with Gasteiger partial charge in [-0.05, 0) is 63.1 Å². The molecule has 2 aromatic carbocycles. The fraction of sp³-hybridized carbons (Fsp3) is 0.208. The zero-order valence-corrected chi connectivity index (χ0v) is 19.2. The summed E-state index contributed by atoms with van der Waals surface area (Å²) in [5, 5.41) is 0.825. The summed E-state index contributed by atoms with van der Waals surface area (Å²) < 4.78 is 2.49. The van der Waals surface area contributed by atoms with Crippen molar-refractivity contribution in [3.8, 4) is 5.69 Å². The number of hydrogen-bond donors (Lipinski definition) is 0. The van der Waals surface area contributed by atoms with Gasteiger partial charge in [0.15, 0.2) is 5.78 Å². The largest absolute Gasteiger partial charge is 0.337 e. The fourth-order valence-electron chi connectivity index (χ4n) is 4.10. The van der Waals surface area contributed by atoms with E-state index in [2.05, 4.69) is 0 Å². The van der Waals surface area contributed by atoms with Gasteiger partial charge in [0.1, 0.15) is 4.83 Å². The highest BCUT2D eigenvalue weighted by atomic mass is 35.5. The molecule has 4 rings (SSSR count). The van der Waals surface area contributed by atoms with Crippen LogP contribution in [0.4, 0.5) is 0 Å². The number of Topliss-reactive ketones (excluding diaryl/α,β-unsaturated/α-hetero) is 1. The van der Waals surface area contributed by atoms with Crippen LogP contribution in [-0.4, -0.2) is 14.9 Å². The van der Waals surface area contributed by atoms with E-state index < -0.39 is 11.2 Å². The molecule has 0 amide bonds. The Hall–Kier alpha value is -2.96. The highest BCUT2D eigenvalue weighted by molar-refractivity contribution is 7.18. The van der Waals surface area contributed by atoms with Gasteiger partial charge in [-0.3, -0.25) is 14.2 Å². The molecule has 2 heterocycles. The van der Waals surface area contributed by atoms with E-state index in [9.17, 15) is 14.4 Å². The molecule has 0 saturated carbocycles. The highest BCUT2D eigenvalue weighted by Crippen LogP contribution is 2.24. The Morgan fingerprint density at radius 3 is 2.32 bits per heavy atom. The summed E-state index contributed by atoms with van der Waals surface area (Å²) >= 11 is 7.43. The molecular weight excluding hydrogens is 432 g/mol. The third kappa shape index (κ3) is 3.77. The van der Waals surface area contributed by atoms with Crippen molar-refractivity contribution in [3.63, 3.8) is 0 Å². The van der Waals surface area contributed by atoms with E-state index in [0.717, 1.165) is 26.1 Å². The first-order chi connectivity index (χ1) is 14.7. The topological polar surface area (TPSA) is 61.1 Å². The second-order valence-corrected chi connectivity index (χ2v) is 9.43. The highest BCUT2D eigenvalue weighted by Gasteiger charge is 2.21. The minimum atomic E-state index is -0.558. The summed E-state index contributed by atoms with van der Waals surface area (Å²) in [7, 11) is 0. The molecule has 0 unspecified atom stereocenters. The number of aryl methyl sites for hydroxylation is 4. The van der Waals surface area contributed by atoms with E-state index >= 15 is 0 Å². The number of benzene rings is 2. The third-order valence-electron chi connectivity index (χ3n) is 5.26. The lowest BCUT2D eigenvalue weighted by Gasteiger charge is -2.14. The van der Waals surface area contributed by atoms with Crippen LogP contribution in [0.15, 0.2) is 52.1 Å². The third-order valence-corrected chi connectivity index (χ3v) is 6.57. The minimum absolute atomic E-state index is 0.152. The summed E-state index contributed by atoms with van der Waals surface area (Å²) in [4.78, 5) is 41.3. The van der Waals surface area contributed by atoms with E-state index in [1.807, 2.05) is 39.8 Å². The first-order valence-corrected chi connectivity index (χ1v) is 11.0. The first kappa shape index (κ1) is 21.3. The van der Waals surface area contributed by atoms with Gasteiger partial charge < -0.3 is 0 Å². The first-order valence-electron chi connectivity index (χ1n) is 9.80. The number of thiophene rings is 1. The van der Waals surface area contributed by atoms with E-state index in [0.29, 0.717) is 26.5 Å². The van der Waals surface area contributed by atoms with Crippen LogP contribution in [0.1, 0.15) is 31.9 Å². The number of aromatic nitrogens is 2. The van der Waals surface area contributed by atoms with Gasteiger partial charge in [0, 0.05) is 15.5 Å². The normalized spacial score (nSPS) is 11.3.